The Morgan fingerprint density at radius 3 is 2.63 bits per heavy atom. The lowest BCUT2D eigenvalue weighted by Crippen LogP contribution is -2.64. The Morgan fingerprint density at radius 1 is 1.42 bits per heavy atom. The SMILES string of the molecule is C[C@H](N)c1ccc(N2CC(=O)NC(=O)C2(C)C)nc1. The first-order valence-corrected chi connectivity index (χ1v) is 6.16. The van der Waals surface area contributed by atoms with E-state index in [1.54, 1.807) is 31.0 Å². The van der Waals surface area contributed by atoms with Crippen molar-refractivity contribution in [2.24, 2.45) is 5.73 Å². The number of rotatable bonds is 2. The highest BCUT2D eigenvalue weighted by atomic mass is 16.2. The first kappa shape index (κ1) is 13.5. The zero-order valence-electron chi connectivity index (χ0n) is 11.3. The van der Waals surface area contributed by atoms with Crippen molar-refractivity contribution in [3.05, 3.63) is 23.9 Å². The molecule has 6 nitrogen and oxygen atoms in total. The Morgan fingerprint density at radius 2 is 2.11 bits per heavy atom. The van der Waals surface area contributed by atoms with Gasteiger partial charge in [-0.05, 0) is 32.4 Å². The van der Waals surface area contributed by atoms with Crippen LogP contribution in [0.1, 0.15) is 32.4 Å². The molecule has 1 aliphatic heterocycles. The maximum Gasteiger partial charge on any atom is 0.251 e. The van der Waals surface area contributed by atoms with Crippen molar-refractivity contribution in [1.29, 1.82) is 0 Å². The Balaban J connectivity index is 2.33. The molecular formula is C13H18N4O2. The van der Waals surface area contributed by atoms with E-state index in [-0.39, 0.29) is 24.4 Å². The molecular weight excluding hydrogens is 244 g/mol. The quantitative estimate of drug-likeness (QED) is 0.750. The molecule has 6 heteroatoms. The summed E-state index contributed by atoms with van der Waals surface area (Å²) in [6, 6.07) is 3.55. The molecule has 1 aromatic rings. The van der Waals surface area contributed by atoms with E-state index in [0.717, 1.165) is 5.56 Å². The summed E-state index contributed by atoms with van der Waals surface area (Å²) in [7, 11) is 0. The minimum atomic E-state index is -0.809. The van der Waals surface area contributed by atoms with E-state index in [1.165, 1.54) is 0 Å². The van der Waals surface area contributed by atoms with E-state index in [9.17, 15) is 9.59 Å². The summed E-state index contributed by atoms with van der Waals surface area (Å²) in [6.45, 7) is 5.51. The zero-order valence-corrected chi connectivity index (χ0v) is 11.3. The maximum atomic E-state index is 11.9. The number of hydrogen-bond donors (Lipinski definition) is 2. The summed E-state index contributed by atoms with van der Waals surface area (Å²) < 4.78 is 0. The van der Waals surface area contributed by atoms with Crippen LogP contribution in [0.4, 0.5) is 5.82 Å². The standard InChI is InChI=1S/C13H18N4O2/c1-8(14)9-4-5-10(15-6-9)17-7-11(18)16-12(19)13(17,2)3/h4-6,8H,7,14H2,1-3H3,(H,16,18,19)/t8-/m0/s1. The number of nitrogens with zero attached hydrogens (tertiary/aromatic N) is 2. The number of nitrogens with one attached hydrogen (secondary N) is 1. The summed E-state index contributed by atoms with van der Waals surface area (Å²) in [5.74, 6) is -0.0400. The van der Waals surface area contributed by atoms with Crippen molar-refractivity contribution in [3.8, 4) is 0 Å². The van der Waals surface area contributed by atoms with E-state index in [2.05, 4.69) is 10.3 Å². The third-order valence-corrected chi connectivity index (χ3v) is 3.36. The first-order chi connectivity index (χ1) is 8.82. The molecule has 0 spiro atoms. The Kier molecular flexibility index (Phi) is 3.28. The van der Waals surface area contributed by atoms with Gasteiger partial charge in [-0.15, -0.1) is 0 Å². The number of carbonyl (C=O) groups is 2. The number of imide groups is 1. The lowest BCUT2D eigenvalue weighted by atomic mass is 9.98. The second-order valence-electron chi connectivity index (χ2n) is 5.26. The highest BCUT2D eigenvalue weighted by Gasteiger charge is 2.41. The second-order valence-corrected chi connectivity index (χ2v) is 5.26. The van der Waals surface area contributed by atoms with Crippen LogP contribution in [0.15, 0.2) is 18.3 Å². The molecule has 0 saturated carbocycles. The van der Waals surface area contributed by atoms with E-state index in [0.29, 0.717) is 5.82 Å². The summed E-state index contributed by atoms with van der Waals surface area (Å²) in [5.41, 5.74) is 5.87. The average molecular weight is 262 g/mol. The van der Waals surface area contributed by atoms with Crippen LogP contribution in [0.3, 0.4) is 0 Å². The smallest absolute Gasteiger partial charge is 0.251 e. The number of pyridine rings is 1. The van der Waals surface area contributed by atoms with Gasteiger partial charge in [0.2, 0.25) is 5.91 Å². The molecule has 1 atom stereocenters. The molecule has 3 N–H and O–H groups in total. The summed E-state index contributed by atoms with van der Waals surface area (Å²) in [5, 5.41) is 2.33. The molecule has 1 saturated heterocycles. The third-order valence-electron chi connectivity index (χ3n) is 3.36. The molecule has 1 aliphatic rings. The number of aromatic nitrogens is 1. The molecule has 0 unspecified atom stereocenters. The Hall–Kier alpha value is -1.95. The van der Waals surface area contributed by atoms with Crippen molar-refractivity contribution >= 4 is 17.6 Å². The van der Waals surface area contributed by atoms with Gasteiger partial charge in [-0.25, -0.2) is 4.98 Å². The van der Waals surface area contributed by atoms with Gasteiger partial charge in [0.05, 0.1) is 6.54 Å². The predicted molar refractivity (Wildman–Crippen MR) is 71.4 cm³/mol. The van der Waals surface area contributed by atoms with Crippen molar-refractivity contribution in [1.82, 2.24) is 10.3 Å². The molecule has 2 rings (SSSR count). The van der Waals surface area contributed by atoms with Crippen LogP contribution < -0.4 is 16.0 Å². The van der Waals surface area contributed by atoms with Gasteiger partial charge in [-0.1, -0.05) is 6.07 Å². The second kappa shape index (κ2) is 4.62. The maximum absolute atomic E-state index is 11.9. The van der Waals surface area contributed by atoms with Gasteiger partial charge in [-0.3, -0.25) is 14.9 Å². The lowest BCUT2D eigenvalue weighted by Gasteiger charge is -2.40. The normalized spacial score (nSPS) is 20.1. The third kappa shape index (κ3) is 2.44. The predicted octanol–water partition coefficient (Wildman–Crippen LogP) is 0.343. The number of carbonyl (C=O) groups excluding carboxylic acids is 2. The minimum absolute atomic E-state index is 0.0964. The van der Waals surface area contributed by atoms with E-state index in [1.807, 2.05) is 13.0 Å². The summed E-state index contributed by atoms with van der Waals surface area (Å²) in [6.07, 6.45) is 1.67. The first-order valence-electron chi connectivity index (χ1n) is 6.16. The van der Waals surface area contributed by atoms with E-state index < -0.39 is 5.54 Å². The van der Waals surface area contributed by atoms with E-state index in [4.69, 9.17) is 5.73 Å². The molecule has 0 aliphatic carbocycles. The van der Waals surface area contributed by atoms with Crippen LogP contribution >= 0.6 is 0 Å². The van der Waals surface area contributed by atoms with Crippen LogP contribution in [0, 0.1) is 0 Å². The van der Waals surface area contributed by atoms with Crippen LogP contribution in [0.2, 0.25) is 0 Å². The average Bonchev–Trinajstić information content (AvgIpc) is 2.34. The number of anilines is 1. The minimum Gasteiger partial charge on any atom is -0.333 e. The van der Waals surface area contributed by atoms with Crippen LogP contribution in [-0.2, 0) is 9.59 Å². The van der Waals surface area contributed by atoms with E-state index >= 15 is 0 Å². The summed E-state index contributed by atoms with van der Waals surface area (Å²) >= 11 is 0. The van der Waals surface area contributed by atoms with Crippen LogP contribution in [0.5, 0.6) is 0 Å². The molecule has 0 bridgehead atoms. The Bertz CT molecular complexity index is 508. The van der Waals surface area contributed by atoms with Gasteiger partial charge in [0.25, 0.3) is 5.91 Å². The van der Waals surface area contributed by atoms with Gasteiger partial charge in [0, 0.05) is 12.2 Å². The fraction of sp³-hybridized carbons (Fsp3) is 0.462. The van der Waals surface area contributed by atoms with Crippen molar-refractivity contribution in [2.75, 3.05) is 11.4 Å². The number of amides is 2. The number of hydrogen-bond acceptors (Lipinski definition) is 5. The van der Waals surface area contributed by atoms with Crippen molar-refractivity contribution in [2.45, 2.75) is 32.4 Å². The van der Waals surface area contributed by atoms with Crippen LogP contribution in [0.25, 0.3) is 0 Å². The molecule has 0 aromatic carbocycles. The molecule has 1 fully saturated rings. The van der Waals surface area contributed by atoms with Crippen LogP contribution in [-0.4, -0.2) is 28.9 Å². The van der Waals surface area contributed by atoms with Gasteiger partial charge in [-0.2, -0.15) is 0 Å². The van der Waals surface area contributed by atoms with Gasteiger partial charge >= 0.3 is 0 Å². The van der Waals surface area contributed by atoms with Gasteiger partial charge < -0.3 is 10.6 Å². The number of nitrogens with two attached hydrogens (primary N) is 1. The topological polar surface area (TPSA) is 88.3 Å². The molecule has 19 heavy (non-hydrogen) atoms. The van der Waals surface area contributed by atoms with Gasteiger partial charge in [0.1, 0.15) is 11.4 Å². The Labute approximate surface area is 112 Å². The lowest BCUT2D eigenvalue weighted by molar-refractivity contribution is -0.135. The fourth-order valence-electron chi connectivity index (χ4n) is 1.98. The molecule has 2 heterocycles. The summed E-state index contributed by atoms with van der Waals surface area (Å²) in [4.78, 5) is 29.4. The molecule has 102 valence electrons. The van der Waals surface area contributed by atoms with Crippen molar-refractivity contribution < 1.29 is 9.59 Å². The number of piperazine rings is 1. The molecule has 2 amide bonds. The highest BCUT2D eigenvalue weighted by molar-refractivity contribution is 6.06. The molecule has 1 aromatic heterocycles. The molecule has 0 radical (unpaired) electrons. The highest BCUT2D eigenvalue weighted by Crippen LogP contribution is 2.25. The fourth-order valence-corrected chi connectivity index (χ4v) is 1.98. The van der Waals surface area contributed by atoms with Crippen molar-refractivity contribution in [3.63, 3.8) is 0 Å². The zero-order chi connectivity index (χ0) is 14.2. The van der Waals surface area contributed by atoms with Gasteiger partial charge in [0.15, 0.2) is 0 Å². The largest absolute Gasteiger partial charge is 0.333 e. The monoisotopic (exact) mass is 262 g/mol.